The molecule has 0 atom stereocenters. The van der Waals surface area contributed by atoms with Crippen LogP contribution in [0.15, 0.2) is 48.5 Å². The standard InChI is InChI=1S/C19H20/c1-19(2,3)18-11-7-6-10-17(18)16-12-14-8-4-5-9-15(14)13-16/h4-12H,13H2,1-3H3. The van der Waals surface area contributed by atoms with Crippen LogP contribution < -0.4 is 0 Å². The highest BCUT2D eigenvalue weighted by atomic mass is 14.3. The van der Waals surface area contributed by atoms with Crippen LogP contribution in [0, 0.1) is 0 Å². The van der Waals surface area contributed by atoms with Gasteiger partial charge in [0.2, 0.25) is 0 Å². The summed E-state index contributed by atoms with van der Waals surface area (Å²) in [5, 5.41) is 0. The molecule has 0 saturated carbocycles. The summed E-state index contributed by atoms with van der Waals surface area (Å²) in [6.07, 6.45) is 3.41. The molecule has 2 aromatic carbocycles. The molecule has 0 amide bonds. The lowest BCUT2D eigenvalue weighted by atomic mass is 9.81. The van der Waals surface area contributed by atoms with Crippen molar-refractivity contribution in [3.8, 4) is 0 Å². The van der Waals surface area contributed by atoms with Gasteiger partial charge in [0.1, 0.15) is 0 Å². The number of hydrogen-bond acceptors (Lipinski definition) is 0. The minimum Gasteiger partial charge on any atom is -0.0619 e. The second kappa shape index (κ2) is 4.38. The molecule has 0 heteroatoms. The molecule has 0 N–H and O–H groups in total. The number of hydrogen-bond donors (Lipinski definition) is 0. The first-order valence-electron chi connectivity index (χ1n) is 6.94. The molecule has 96 valence electrons. The van der Waals surface area contributed by atoms with E-state index in [4.69, 9.17) is 0 Å². The molecule has 1 aliphatic rings. The van der Waals surface area contributed by atoms with Crippen molar-refractivity contribution in [3.63, 3.8) is 0 Å². The fourth-order valence-electron chi connectivity index (χ4n) is 2.87. The summed E-state index contributed by atoms with van der Waals surface area (Å²) >= 11 is 0. The van der Waals surface area contributed by atoms with Gasteiger partial charge >= 0.3 is 0 Å². The number of benzene rings is 2. The van der Waals surface area contributed by atoms with Crippen molar-refractivity contribution in [3.05, 3.63) is 70.8 Å². The lowest BCUT2D eigenvalue weighted by Gasteiger charge is -2.23. The lowest BCUT2D eigenvalue weighted by molar-refractivity contribution is 0.588. The largest absolute Gasteiger partial charge is 0.0619 e. The summed E-state index contributed by atoms with van der Waals surface area (Å²) in [7, 11) is 0. The predicted octanol–water partition coefficient (Wildman–Crippen LogP) is 5.08. The molecular formula is C19H20. The van der Waals surface area contributed by atoms with Crippen molar-refractivity contribution in [1.82, 2.24) is 0 Å². The molecule has 1 aliphatic carbocycles. The third-order valence-electron chi connectivity index (χ3n) is 3.85. The maximum Gasteiger partial charge on any atom is -0.00136 e. The van der Waals surface area contributed by atoms with Crippen LogP contribution in [0.3, 0.4) is 0 Å². The fourth-order valence-corrected chi connectivity index (χ4v) is 2.87. The van der Waals surface area contributed by atoms with Gasteiger partial charge in [-0.2, -0.15) is 0 Å². The van der Waals surface area contributed by atoms with Crippen LogP contribution in [0.2, 0.25) is 0 Å². The molecule has 0 radical (unpaired) electrons. The zero-order chi connectivity index (χ0) is 13.5. The third kappa shape index (κ3) is 2.23. The van der Waals surface area contributed by atoms with Gasteiger partial charge in [-0.05, 0) is 39.7 Å². The van der Waals surface area contributed by atoms with E-state index in [-0.39, 0.29) is 5.41 Å². The minimum atomic E-state index is 0.187. The van der Waals surface area contributed by atoms with Gasteiger partial charge in [-0.3, -0.25) is 0 Å². The SMILES string of the molecule is CC(C)(C)c1ccccc1C1=Cc2ccccc2C1. The molecule has 0 unspecified atom stereocenters. The Morgan fingerprint density at radius 1 is 0.842 bits per heavy atom. The van der Waals surface area contributed by atoms with Gasteiger partial charge in [-0.1, -0.05) is 75.4 Å². The van der Waals surface area contributed by atoms with Crippen LogP contribution in [0.4, 0.5) is 0 Å². The summed E-state index contributed by atoms with van der Waals surface area (Å²) in [5.74, 6) is 0. The van der Waals surface area contributed by atoms with Gasteiger partial charge in [-0.25, -0.2) is 0 Å². The van der Waals surface area contributed by atoms with Crippen molar-refractivity contribution in [2.45, 2.75) is 32.6 Å². The highest BCUT2D eigenvalue weighted by Crippen LogP contribution is 2.36. The zero-order valence-corrected chi connectivity index (χ0v) is 11.9. The quantitative estimate of drug-likeness (QED) is 0.660. The Kier molecular flexibility index (Phi) is 2.82. The Balaban J connectivity index is 2.07. The maximum atomic E-state index is 2.35. The zero-order valence-electron chi connectivity index (χ0n) is 11.9. The highest BCUT2D eigenvalue weighted by molar-refractivity contribution is 5.89. The van der Waals surface area contributed by atoms with Crippen molar-refractivity contribution >= 4 is 11.6 Å². The molecule has 0 saturated heterocycles. The average Bonchev–Trinajstić information content (AvgIpc) is 2.81. The first-order valence-corrected chi connectivity index (χ1v) is 6.94. The van der Waals surface area contributed by atoms with Crippen LogP contribution in [-0.2, 0) is 11.8 Å². The molecule has 0 fully saturated rings. The van der Waals surface area contributed by atoms with E-state index in [2.05, 4.69) is 75.4 Å². The Bertz CT molecular complexity index is 639. The van der Waals surface area contributed by atoms with Gasteiger partial charge in [0.05, 0.1) is 0 Å². The number of rotatable bonds is 1. The number of fused-ring (bicyclic) bond motifs is 1. The van der Waals surface area contributed by atoms with Gasteiger partial charge < -0.3 is 0 Å². The summed E-state index contributed by atoms with van der Waals surface area (Å²) in [4.78, 5) is 0. The van der Waals surface area contributed by atoms with Crippen molar-refractivity contribution in [2.24, 2.45) is 0 Å². The molecule has 19 heavy (non-hydrogen) atoms. The van der Waals surface area contributed by atoms with E-state index in [9.17, 15) is 0 Å². The van der Waals surface area contributed by atoms with Crippen molar-refractivity contribution in [1.29, 1.82) is 0 Å². The second-order valence-corrected chi connectivity index (χ2v) is 6.34. The van der Waals surface area contributed by atoms with Crippen LogP contribution >= 0.6 is 0 Å². The van der Waals surface area contributed by atoms with E-state index >= 15 is 0 Å². The predicted molar refractivity (Wildman–Crippen MR) is 83.2 cm³/mol. The molecule has 0 heterocycles. The summed E-state index contributed by atoms with van der Waals surface area (Å²) in [5.41, 5.74) is 7.31. The average molecular weight is 248 g/mol. The Morgan fingerprint density at radius 2 is 1.53 bits per heavy atom. The van der Waals surface area contributed by atoms with Crippen LogP contribution in [0.25, 0.3) is 11.6 Å². The highest BCUT2D eigenvalue weighted by Gasteiger charge is 2.21. The van der Waals surface area contributed by atoms with Gasteiger partial charge in [-0.15, -0.1) is 0 Å². The lowest BCUT2D eigenvalue weighted by Crippen LogP contribution is -2.13. The summed E-state index contributed by atoms with van der Waals surface area (Å²) < 4.78 is 0. The topological polar surface area (TPSA) is 0 Å². The molecule has 0 nitrogen and oxygen atoms in total. The first-order chi connectivity index (χ1) is 9.05. The molecule has 0 spiro atoms. The fraction of sp³-hybridized carbons (Fsp3) is 0.263. The van der Waals surface area contributed by atoms with Gasteiger partial charge in [0, 0.05) is 0 Å². The molecule has 2 aromatic rings. The maximum absolute atomic E-state index is 2.35. The second-order valence-electron chi connectivity index (χ2n) is 6.34. The summed E-state index contributed by atoms with van der Waals surface area (Å²) in [6.45, 7) is 6.86. The third-order valence-corrected chi connectivity index (χ3v) is 3.85. The monoisotopic (exact) mass is 248 g/mol. The Hall–Kier alpha value is -1.82. The number of allylic oxidation sites excluding steroid dienone is 1. The smallest absolute Gasteiger partial charge is 0.00136 e. The van der Waals surface area contributed by atoms with E-state index < -0.39 is 0 Å². The van der Waals surface area contributed by atoms with Crippen molar-refractivity contribution in [2.75, 3.05) is 0 Å². The molecule has 0 aliphatic heterocycles. The van der Waals surface area contributed by atoms with Gasteiger partial charge in [0.15, 0.2) is 0 Å². The Labute approximate surface area is 115 Å². The molecule has 3 rings (SSSR count). The molecular weight excluding hydrogens is 228 g/mol. The Morgan fingerprint density at radius 3 is 2.26 bits per heavy atom. The van der Waals surface area contributed by atoms with Crippen LogP contribution in [0.5, 0.6) is 0 Å². The van der Waals surface area contributed by atoms with Crippen LogP contribution in [0.1, 0.15) is 43.0 Å². The van der Waals surface area contributed by atoms with E-state index in [0.29, 0.717) is 0 Å². The van der Waals surface area contributed by atoms with E-state index in [1.54, 1.807) is 0 Å². The van der Waals surface area contributed by atoms with Crippen LogP contribution in [-0.4, -0.2) is 0 Å². The van der Waals surface area contributed by atoms with E-state index in [1.807, 2.05) is 0 Å². The normalized spacial score (nSPS) is 14.2. The van der Waals surface area contributed by atoms with E-state index in [0.717, 1.165) is 6.42 Å². The molecule has 0 bridgehead atoms. The molecule has 0 aromatic heterocycles. The summed E-state index contributed by atoms with van der Waals surface area (Å²) in [6, 6.07) is 17.5. The van der Waals surface area contributed by atoms with Gasteiger partial charge in [0.25, 0.3) is 0 Å². The first kappa shape index (κ1) is 12.2. The minimum absolute atomic E-state index is 0.187. The van der Waals surface area contributed by atoms with E-state index in [1.165, 1.54) is 27.8 Å². The van der Waals surface area contributed by atoms with Crippen molar-refractivity contribution < 1.29 is 0 Å².